The Bertz CT molecular complexity index is 1570. The number of aryl methyl sites for hydroxylation is 1. The fraction of sp³-hybridized carbons (Fsp3) is 0.200. The minimum atomic E-state index is -0.773. The van der Waals surface area contributed by atoms with Crippen molar-refractivity contribution in [1.29, 1.82) is 0 Å². The van der Waals surface area contributed by atoms with Crippen molar-refractivity contribution in [2.24, 2.45) is 0 Å². The van der Waals surface area contributed by atoms with Gasteiger partial charge in [-0.2, -0.15) is 5.10 Å². The Labute approximate surface area is 245 Å². The lowest BCUT2D eigenvalue weighted by molar-refractivity contribution is -0.118. The summed E-state index contributed by atoms with van der Waals surface area (Å²) in [5.74, 6) is -1.32. The first kappa shape index (κ1) is 29.3. The maximum absolute atomic E-state index is 13.0. The number of para-hydroxylation sites is 1. The van der Waals surface area contributed by atoms with E-state index < -0.39 is 11.9 Å². The van der Waals surface area contributed by atoms with Crippen LogP contribution in [-0.4, -0.2) is 55.1 Å². The summed E-state index contributed by atoms with van der Waals surface area (Å²) >= 11 is 3.50. The molecule has 1 heterocycles. The number of anilines is 1. The van der Waals surface area contributed by atoms with E-state index in [1.807, 2.05) is 25.1 Å². The Morgan fingerprint density at radius 3 is 2.24 bits per heavy atom. The van der Waals surface area contributed by atoms with E-state index in [0.717, 1.165) is 5.56 Å². The molecule has 1 aromatic heterocycles. The summed E-state index contributed by atoms with van der Waals surface area (Å²) in [4.78, 5) is 38.5. The van der Waals surface area contributed by atoms with Crippen LogP contribution in [0.3, 0.4) is 0 Å². The zero-order valence-corrected chi connectivity index (χ0v) is 24.5. The molecule has 0 aliphatic rings. The number of hydrogen-bond donors (Lipinski definition) is 1. The van der Waals surface area contributed by atoms with Crippen molar-refractivity contribution >= 4 is 39.5 Å². The van der Waals surface area contributed by atoms with Crippen molar-refractivity contribution < 1.29 is 33.3 Å². The predicted molar refractivity (Wildman–Crippen MR) is 156 cm³/mol. The van der Waals surface area contributed by atoms with Crippen LogP contribution in [0.25, 0.3) is 16.9 Å². The molecule has 3 aromatic carbocycles. The van der Waals surface area contributed by atoms with Gasteiger partial charge in [-0.05, 0) is 66.2 Å². The average Bonchev–Trinajstić information content (AvgIpc) is 3.38. The molecular weight excluding hydrogens is 594 g/mol. The number of methoxy groups -OCH3 is 2. The van der Waals surface area contributed by atoms with Gasteiger partial charge in [0.2, 0.25) is 0 Å². The molecule has 11 heteroatoms. The average molecular weight is 622 g/mol. The molecule has 0 fully saturated rings. The molecule has 1 amide bonds. The number of amides is 1. The van der Waals surface area contributed by atoms with Crippen molar-refractivity contribution in [3.05, 3.63) is 88.0 Å². The van der Waals surface area contributed by atoms with E-state index in [9.17, 15) is 14.4 Å². The quantitative estimate of drug-likeness (QED) is 0.227. The van der Waals surface area contributed by atoms with E-state index in [0.29, 0.717) is 27.2 Å². The second kappa shape index (κ2) is 13.1. The minimum absolute atomic E-state index is 0.0799. The van der Waals surface area contributed by atoms with E-state index in [-0.39, 0.29) is 41.8 Å². The number of nitrogens with one attached hydrogen (secondary N) is 1. The third kappa shape index (κ3) is 6.58. The number of benzene rings is 3. The number of carbonyl (C=O) groups excluding carboxylic acids is 3. The molecule has 0 atom stereocenters. The summed E-state index contributed by atoms with van der Waals surface area (Å²) < 4.78 is 23.5. The minimum Gasteiger partial charge on any atom is -0.490 e. The molecule has 4 rings (SSSR count). The van der Waals surface area contributed by atoms with Gasteiger partial charge in [-0.3, -0.25) is 4.79 Å². The Hall–Kier alpha value is -4.64. The van der Waals surface area contributed by atoms with Crippen molar-refractivity contribution in [2.75, 3.05) is 32.8 Å². The largest absolute Gasteiger partial charge is 0.490 e. The number of carbonyl (C=O) groups is 3. The fourth-order valence-corrected chi connectivity index (χ4v) is 4.59. The van der Waals surface area contributed by atoms with Crippen LogP contribution in [0.2, 0.25) is 0 Å². The Morgan fingerprint density at radius 1 is 0.927 bits per heavy atom. The van der Waals surface area contributed by atoms with Crippen molar-refractivity contribution in [3.63, 3.8) is 0 Å². The SMILES string of the molecule is CCOc1cc(-c2nn(-c3ccccc3)c(C(=O)OC)c2C(=O)OC)cc(Br)c1OCC(=O)Nc1ccc(C)cc1. The van der Waals surface area contributed by atoms with Crippen molar-refractivity contribution in [3.8, 4) is 28.4 Å². The predicted octanol–water partition coefficient (Wildman–Crippen LogP) is 5.60. The lowest BCUT2D eigenvalue weighted by Gasteiger charge is -2.15. The zero-order chi connectivity index (χ0) is 29.5. The summed E-state index contributed by atoms with van der Waals surface area (Å²) in [6.45, 7) is 3.77. The highest BCUT2D eigenvalue weighted by Gasteiger charge is 2.32. The van der Waals surface area contributed by atoms with Gasteiger partial charge in [0.05, 0.1) is 31.0 Å². The molecule has 0 saturated carbocycles. The molecule has 0 saturated heterocycles. The molecule has 0 unspecified atom stereocenters. The molecule has 0 aliphatic heterocycles. The van der Waals surface area contributed by atoms with Crippen LogP contribution >= 0.6 is 15.9 Å². The first-order chi connectivity index (χ1) is 19.8. The normalized spacial score (nSPS) is 10.6. The third-order valence-corrected chi connectivity index (χ3v) is 6.51. The summed E-state index contributed by atoms with van der Waals surface area (Å²) in [7, 11) is 2.43. The summed E-state index contributed by atoms with van der Waals surface area (Å²) in [5.41, 5.74) is 2.67. The van der Waals surface area contributed by atoms with Crippen LogP contribution < -0.4 is 14.8 Å². The molecule has 4 aromatic rings. The monoisotopic (exact) mass is 621 g/mol. The van der Waals surface area contributed by atoms with Gasteiger partial charge in [0.15, 0.2) is 23.8 Å². The molecule has 1 N–H and O–H groups in total. The van der Waals surface area contributed by atoms with Gasteiger partial charge >= 0.3 is 11.9 Å². The van der Waals surface area contributed by atoms with Gasteiger partial charge in [0.25, 0.3) is 5.91 Å². The Balaban J connectivity index is 1.75. The van der Waals surface area contributed by atoms with E-state index >= 15 is 0 Å². The molecule has 212 valence electrons. The van der Waals surface area contributed by atoms with Gasteiger partial charge in [0, 0.05) is 11.3 Å². The number of nitrogens with zero attached hydrogens (tertiary/aromatic N) is 2. The lowest BCUT2D eigenvalue weighted by atomic mass is 10.0. The Kier molecular flexibility index (Phi) is 9.41. The highest BCUT2D eigenvalue weighted by Crippen LogP contribution is 2.41. The third-order valence-electron chi connectivity index (χ3n) is 5.92. The number of halogens is 1. The molecule has 0 spiro atoms. The number of ether oxygens (including phenoxy) is 4. The van der Waals surface area contributed by atoms with Crippen molar-refractivity contribution in [1.82, 2.24) is 9.78 Å². The van der Waals surface area contributed by atoms with Crippen LogP contribution in [0.1, 0.15) is 33.3 Å². The maximum Gasteiger partial charge on any atom is 0.357 e. The fourth-order valence-electron chi connectivity index (χ4n) is 4.04. The first-order valence-corrected chi connectivity index (χ1v) is 13.4. The number of hydrogen-bond acceptors (Lipinski definition) is 8. The van der Waals surface area contributed by atoms with Gasteiger partial charge in [-0.25, -0.2) is 14.3 Å². The van der Waals surface area contributed by atoms with Crippen LogP contribution in [0.15, 0.2) is 71.2 Å². The van der Waals surface area contributed by atoms with Crippen molar-refractivity contribution in [2.45, 2.75) is 13.8 Å². The Morgan fingerprint density at radius 2 is 1.61 bits per heavy atom. The highest BCUT2D eigenvalue weighted by molar-refractivity contribution is 9.10. The second-order valence-electron chi connectivity index (χ2n) is 8.72. The number of rotatable bonds is 10. The standard InChI is InChI=1S/C30H28BrN3O7/c1-5-40-23-16-19(15-22(31)28(23)41-17-24(35)32-20-13-11-18(2)12-14-20)26-25(29(36)38-3)27(30(37)39-4)34(33-26)21-9-7-6-8-10-21/h6-16H,5,17H2,1-4H3,(H,32,35). The second-order valence-corrected chi connectivity index (χ2v) is 9.58. The van der Waals surface area contributed by atoms with Crippen LogP contribution in [0.5, 0.6) is 11.5 Å². The van der Waals surface area contributed by atoms with Crippen LogP contribution in [0.4, 0.5) is 5.69 Å². The topological polar surface area (TPSA) is 118 Å². The van der Waals surface area contributed by atoms with E-state index in [1.165, 1.54) is 18.9 Å². The van der Waals surface area contributed by atoms with E-state index in [4.69, 9.17) is 18.9 Å². The molecule has 10 nitrogen and oxygen atoms in total. The molecule has 0 bridgehead atoms. The van der Waals surface area contributed by atoms with Gasteiger partial charge < -0.3 is 24.3 Å². The van der Waals surface area contributed by atoms with Gasteiger partial charge in [-0.15, -0.1) is 0 Å². The lowest BCUT2D eigenvalue weighted by Crippen LogP contribution is -2.20. The highest BCUT2D eigenvalue weighted by atomic mass is 79.9. The molecule has 41 heavy (non-hydrogen) atoms. The summed E-state index contributed by atoms with van der Waals surface area (Å²) in [6, 6.07) is 19.5. The van der Waals surface area contributed by atoms with E-state index in [2.05, 4.69) is 26.3 Å². The molecule has 0 aliphatic carbocycles. The van der Waals surface area contributed by atoms with Crippen LogP contribution in [-0.2, 0) is 14.3 Å². The molecular formula is C30H28BrN3O7. The van der Waals surface area contributed by atoms with Gasteiger partial charge in [0.1, 0.15) is 11.3 Å². The summed E-state index contributed by atoms with van der Waals surface area (Å²) in [5, 5.41) is 7.41. The zero-order valence-electron chi connectivity index (χ0n) is 22.9. The first-order valence-electron chi connectivity index (χ1n) is 12.6. The molecule has 0 radical (unpaired) electrons. The maximum atomic E-state index is 13.0. The summed E-state index contributed by atoms with van der Waals surface area (Å²) in [6.07, 6.45) is 0. The number of esters is 2. The van der Waals surface area contributed by atoms with E-state index in [1.54, 1.807) is 55.5 Å². The smallest absolute Gasteiger partial charge is 0.357 e. The number of aromatic nitrogens is 2. The van der Waals surface area contributed by atoms with Crippen LogP contribution in [0, 0.1) is 6.92 Å². The van der Waals surface area contributed by atoms with Gasteiger partial charge in [-0.1, -0.05) is 35.9 Å².